The van der Waals surface area contributed by atoms with Crippen LogP contribution < -0.4 is 14.9 Å². The van der Waals surface area contributed by atoms with Gasteiger partial charge in [0.2, 0.25) is 0 Å². The number of methoxy groups -OCH3 is 1. The lowest BCUT2D eigenvalue weighted by Crippen LogP contribution is -2.34. The van der Waals surface area contributed by atoms with Crippen molar-refractivity contribution in [3.05, 3.63) is 42.1 Å². The predicted octanol–water partition coefficient (Wildman–Crippen LogP) is 4.50. The molecule has 0 spiro atoms. The third kappa shape index (κ3) is 3.94. The van der Waals surface area contributed by atoms with Gasteiger partial charge in [-0.05, 0) is 65.8 Å². The van der Waals surface area contributed by atoms with Crippen LogP contribution in [0.4, 0.5) is 5.69 Å². The number of fused-ring (bicyclic) bond motifs is 1. The second kappa shape index (κ2) is 8.02. The van der Waals surface area contributed by atoms with Crippen molar-refractivity contribution in [3.63, 3.8) is 0 Å². The summed E-state index contributed by atoms with van der Waals surface area (Å²) in [6, 6.07) is 12.9. The topological polar surface area (TPSA) is 66.1 Å². The van der Waals surface area contributed by atoms with Gasteiger partial charge in [0, 0.05) is 18.0 Å². The Morgan fingerprint density at radius 1 is 1.34 bits per heavy atom. The maximum absolute atomic E-state index is 9.99. The van der Waals surface area contributed by atoms with Crippen molar-refractivity contribution in [2.45, 2.75) is 39.3 Å². The zero-order valence-corrected chi connectivity index (χ0v) is 18.2. The zero-order valence-electron chi connectivity index (χ0n) is 17.0. The van der Waals surface area contributed by atoms with Crippen LogP contribution in [0.2, 0.25) is 0 Å². The molecule has 0 aliphatic heterocycles. The van der Waals surface area contributed by atoms with Crippen molar-refractivity contribution in [2.24, 2.45) is 5.92 Å². The quantitative estimate of drug-likeness (QED) is 0.461. The number of benzene rings is 1. The molecule has 4 rings (SSSR count). The van der Waals surface area contributed by atoms with Gasteiger partial charge in [-0.3, -0.25) is 4.78 Å². The molecule has 1 aliphatic rings. The third-order valence-corrected chi connectivity index (χ3v) is 5.62. The van der Waals surface area contributed by atoms with Crippen molar-refractivity contribution in [2.75, 3.05) is 11.9 Å². The Morgan fingerprint density at radius 3 is 2.66 bits per heavy atom. The highest BCUT2D eigenvalue weighted by Gasteiger charge is 2.27. The molecule has 0 amide bonds. The summed E-state index contributed by atoms with van der Waals surface area (Å²) < 4.78 is 9.50. The van der Waals surface area contributed by atoms with E-state index >= 15 is 0 Å². The van der Waals surface area contributed by atoms with E-state index in [1.165, 1.54) is 12.8 Å². The summed E-state index contributed by atoms with van der Waals surface area (Å²) in [5.74, 6) is 1.33. The average Bonchev–Trinajstić information content (AvgIpc) is 3.48. The number of pyridine rings is 1. The van der Waals surface area contributed by atoms with E-state index in [4.69, 9.17) is 4.74 Å². The first-order chi connectivity index (χ1) is 14.0. The van der Waals surface area contributed by atoms with Gasteiger partial charge in [-0.25, -0.2) is 10.4 Å². The van der Waals surface area contributed by atoms with E-state index in [-0.39, 0.29) is 0 Å². The lowest BCUT2D eigenvalue weighted by atomic mass is 10.1. The first kappa shape index (κ1) is 19.7. The number of nitriles is 1. The molecule has 0 bridgehead atoms. The monoisotopic (exact) mass is 407 g/mol. The van der Waals surface area contributed by atoms with Crippen LogP contribution in [-0.2, 0) is 6.54 Å². The van der Waals surface area contributed by atoms with Gasteiger partial charge < -0.3 is 9.30 Å². The molecular formula is C22H26N5OP. The van der Waals surface area contributed by atoms with Gasteiger partial charge in [0.05, 0.1) is 30.3 Å². The lowest BCUT2D eigenvalue weighted by Gasteiger charge is -2.23. The largest absolute Gasteiger partial charge is 0.495 e. The Balaban J connectivity index is 1.82. The number of aromatic nitrogens is 2. The summed E-state index contributed by atoms with van der Waals surface area (Å²) in [6.45, 7) is 5.09. The van der Waals surface area contributed by atoms with Crippen LogP contribution in [0.25, 0.3) is 22.3 Å². The molecule has 6 nitrogen and oxygen atoms in total. The second-order valence-corrected chi connectivity index (χ2v) is 8.35. The summed E-state index contributed by atoms with van der Waals surface area (Å²) in [5, 5.41) is 10.8. The van der Waals surface area contributed by atoms with E-state index in [0.717, 1.165) is 34.5 Å². The maximum Gasteiger partial charge on any atom is 0.142 e. The van der Waals surface area contributed by atoms with Gasteiger partial charge in [-0.1, -0.05) is 12.1 Å². The number of hydrogen-bond donors (Lipinski definition) is 1. The van der Waals surface area contributed by atoms with Crippen LogP contribution in [0, 0.1) is 17.2 Å². The lowest BCUT2D eigenvalue weighted by molar-refractivity contribution is 0.413. The highest BCUT2D eigenvalue weighted by molar-refractivity contribution is 7.18. The van der Waals surface area contributed by atoms with Gasteiger partial charge in [0.1, 0.15) is 17.5 Å². The fraction of sp³-hybridized carbons (Fsp3) is 0.364. The Hall–Kier alpha value is -2.61. The third-order valence-electron chi connectivity index (χ3n) is 5.17. The average molecular weight is 407 g/mol. The van der Waals surface area contributed by atoms with Crippen LogP contribution in [0.3, 0.4) is 0 Å². The van der Waals surface area contributed by atoms with Gasteiger partial charge in [0.15, 0.2) is 0 Å². The second-order valence-electron chi connectivity index (χ2n) is 7.84. The molecule has 29 heavy (non-hydrogen) atoms. The number of rotatable bonds is 7. The Morgan fingerprint density at radius 2 is 2.07 bits per heavy atom. The molecule has 3 aromatic rings. The van der Waals surface area contributed by atoms with Gasteiger partial charge >= 0.3 is 0 Å². The smallest absolute Gasteiger partial charge is 0.142 e. The molecule has 1 unspecified atom stereocenters. The SMILES string of the molecule is COc1cnc2c(c1)c(C#N)c(-c1ccc(N(P)NC(C)C)cc1)n2CC1CC1. The molecule has 2 aromatic heterocycles. The number of nitrogens with one attached hydrogen (secondary N) is 1. The van der Waals surface area contributed by atoms with Crippen molar-refractivity contribution < 1.29 is 4.74 Å². The molecule has 7 heteroatoms. The van der Waals surface area contributed by atoms with E-state index in [1.807, 2.05) is 10.8 Å². The molecule has 1 fully saturated rings. The minimum absolute atomic E-state index is 0.333. The minimum Gasteiger partial charge on any atom is -0.495 e. The molecule has 2 heterocycles. The predicted molar refractivity (Wildman–Crippen MR) is 120 cm³/mol. The first-order valence-corrected chi connectivity index (χ1v) is 10.4. The molecule has 1 N–H and O–H groups in total. The van der Waals surface area contributed by atoms with Crippen LogP contribution in [-0.4, -0.2) is 22.7 Å². The van der Waals surface area contributed by atoms with Gasteiger partial charge in [-0.15, -0.1) is 0 Å². The summed E-state index contributed by atoms with van der Waals surface area (Å²) in [7, 11) is 4.31. The van der Waals surface area contributed by atoms with Crippen molar-refractivity contribution in [1.29, 1.82) is 5.26 Å². The van der Waals surface area contributed by atoms with Crippen LogP contribution in [0.1, 0.15) is 32.3 Å². The summed E-state index contributed by atoms with van der Waals surface area (Å²) in [5.41, 5.74) is 7.84. The standard InChI is InChI=1S/C22H26N5OP/c1-14(2)25-27(29)17-8-6-16(7-9-17)21-20(11-23)19-10-18(28-3)12-24-22(19)26(21)13-15-4-5-15/h6-10,12,14-15,25H,4-5,13,29H2,1-3H3. The van der Waals surface area contributed by atoms with Gasteiger partial charge in [0.25, 0.3) is 0 Å². The first-order valence-electron chi connectivity index (χ1n) is 9.89. The van der Waals surface area contributed by atoms with Gasteiger partial charge in [-0.2, -0.15) is 5.26 Å². The number of ether oxygens (including phenoxy) is 1. The van der Waals surface area contributed by atoms with Crippen LogP contribution in [0.15, 0.2) is 36.5 Å². The van der Waals surface area contributed by atoms with E-state index < -0.39 is 0 Å². The summed E-state index contributed by atoms with van der Waals surface area (Å²) in [6.07, 6.45) is 4.20. The highest BCUT2D eigenvalue weighted by Crippen LogP contribution is 2.39. The van der Waals surface area contributed by atoms with E-state index in [1.54, 1.807) is 13.3 Å². The minimum atomic E-state index is 0.333. The molecule has 150 valence electrons. The molecule has 1 aromatic carbocycles. The molecule has 1 aliphatic carbocycles. The number of hydrogen-bond acceptors (Lipinski definition) is 5. The molecule has 1 saturated carbocycles. The normalized spacial score (nSPS) is 13.7. The Kier molecular flexibility index (Phi) is 5.45. The summed E-state index contributed by atoms with van der Waals surface area (Å²) in [4.78, 5) is 4.63. The molecule has 0 saturated heterocycles. The molecule has 0 radical (unpaired) electrons. The zero-order chi connectivity index (χ0) is 20.5. The summed E-state index contributed by atoms with van der Waals surface area (Å²) >= 11 is 0. The van der Waals surface area contributed by atoms with E-state index in [9.17, 15) is 5.26 Å². The van der Waals surface area contributed by atoms with Crippen LogP contribution in [0.5, 0.6) is 5.75 Å². The van der Waals surface area contributed by atoms with E-state index in [2.05, 4.69) is 68.5 Å². The van der Waals surface area contributed by atoms with Crippen LogP contribution >= 0.6 is 9.39 Å². The van der Waals surface area contributed by atoms with Crippen molar-refractivity contribution in [1.82, 2.24) is 15.0 Å². The Labute approximate surface area is 173 Å². The highest BCUT2D eigenvalue weighted by atomic mass is 31.0. The molecular weight excluding hydrogens is 381 g/mol. The van der Waals surface area contributed by atoms with Crippen molar-refractivity contribution in [3.8, 4) is 23.1 Å². The fourth-order valence-corrected chi connectivity index (χ4v) is 4.07. The number of hydrazine groups is 1. The fourth-order valence-electron chi connectivity index (χ4n) is 3.60. The van der Waals surface area contributed by atoms with E-state index in [0.29, 0.717) is 23.3 Å². The maximum atomic E-state index is 9.99. The Bertz CT molecular complexity index is 1060. The number of nitrogens with zero attached hydrogens (tertiary/aromatic N) is 4. The number of anilines is 1. The van der Waals surface area contributed by atoms with Crippen molar-refractivity contribution >= 4 is 26.1 Å². The molecule has 1 atom stereocenters.